The van der Waals surface area contributed by atoms with Crippen molar-refractivity contribution in [3.8, 4) is 27.9 Å². The maximum atomic E-state index is 5.56. The van der Waals surface area contributed by atoms with E-state index in [0.717, 1.165) is 44.6 Å². The molecule has 130 valence electrons. The van der Waals surface area contributed by atoms with E-state index >= 15 is 0 Å². The van der Waals surface area contributed by atoms with Crippen molar-refractivity contribution in [2.24, 2.45) is 0 Å². The van der Waals surface area contributed by atoms with E-state index in [0.29, 0.717) is 5.65 Å². The molecule has 0 atom stereocenters. The minimum absolute atomic E-state index is 0.242. The molecule has 6 rings (SSSR count). The second-order valence-electron chi connectivity index (χ2n) is 6.15. The molecule has 2 aromatic carbocycles. The van der Waals surface area contributed by atoms with Crippen molar-refractivity contribution in [3.05, 3.63) is 60.0 Å². The van der Waals surface area contributed by atoms with Gasteiger partial charge in [-0.25, -0.2) is 15.0 Å². The summed E-state index contributed by atoms with van der Waals surface area (Å²) in [5.74, 6) is 2.28. The first-order valence-electron chi connectivity index (χ1n) is 8.46. The summed E-state index contributed by atoms with van der Waals surface area (Å²) in [6.07, 6.45) is 0. The highest BCUT2D eigenvalue weighted by Crippen LogP contribution is 2.37. The Morgan fingerprint density at radius 2 is 1.70 bits per heavy atom. The first kappa shape index (κ1) is 14.7. The van der Waals surface area contributed by atoms with E-state index in [4.69, 9.17) is 24.4 Å². The van der Waals surface area contributed by atoms with E-state index in [9.17, 15) is 0 Å². The van der Waals surface area contributed by atoms with Crippen LogP contribution >= 0.6 is 11.3 Å². The molecule has 3 aromatic heterocycles. The fourth-order valence-electron chi connectivity index (χ4n) is 3.30. The second kappa shape index (κ2) is 5.52. The second-order valence-corrected chi connectivity index (χ2v) is 7.09. The fourth-order valence-corrected chi connectivity index (χ4v) is 4.00. The summed E-state index contributed by atoms with van der Waals surface area (Å²) in [6, 6.07) is 17.8. The maximum Gasteiger partial charge on any atom is 0.231 e. The van der Waals surface area contributed by atoms with Gasteiger partial charge in [-0.3, -0.25) is 4.57 Å². The largest absolute Gasteiger partial charge is 0.454 e. The van der Waals surface area contributed by atoms with Crippen LogP contribution in [-0.2, 0) is 0 Å². The van der Waals surface area contributed by atoms with E-state index in [2.05, 4.69) is 6.07 Å². The quantitative estimate of drug-likeness (QED) is 0.459. The van der Waals surface area contributed by atoms with Crippen LogP contribution < -0.4 is 9.47 Å². The molecular weight excluding hydrogens is 360 g/mol. The van der Waals surface area contributed by atoms with Crippen LogP contribution in [0, 0.1) is 0 Å². The van der Waals surface area contributed by atoms with Gasteiger partial charge in [-0.1, -0.05) is 18.2 Å². The number of aromatic nitrogens is 4. The summed E-state index contributed by atoms with van der Waals surface area (Å²) in [5, 5.41) is 2.04. The number of benzene rings is 2. The molecule has 0 saturated heterocycles. The van der Waals surface area contributed by atoms with Gasteiger partial charge in [-0.15, -0.1) is 11.3 Å². The number of hydrogen-bond donors (Lipinski definition) is 0. The van der Waals surface area contributed by atoms with Crippen LogP contribution in [-0.4, -0.2) is 26.3 Å². The third kappa shape index (κ3) is 2.22. The number of ether oxygens (including phenoxy) is 2. The van der Waals surface area contributed by atoms with Gasteiger partial charge in [0, 0.05) is 6.07 Å². The molecule has 6 nitrogen and oxygen atoms in total. The Labute approximate surface area is 157 Å². The molecule has 1 aliphatic heterocycles. The van der Waals surface area contributed by atoms with Crippen LogP contribution in [0.3, 0.4) is 0 Å². The summed E-state index contributed by atoms with van der Waals surface area (Å²) < 4.78 is 13.0. The highest BCUT2D eigenvalue weighted by molar-refractivity contribution is 7.13. The van der Waals surface area contributed by atoms with E-state index < -0.39 is 0 Å². The van der Waals surface area contributed by atoms with Crippen molar-refractivity contribution in [3.63, 3.8) is 0 Å². The molecule has 0 amide bonds. The molecule has 0 aliphatic carbocycles. The first-order chi connectivity index (χ1) is 13.4. The van der Waals surface area contributed by atoms with Crippen molar-refractivity contribution >= 4 is 33.7 Å². The number of thiophene rings is 1. The van der Waals surface area contributed by atoms with Crippen molar-refractivity contribution in [2.75, 3.05) is 6.79 Å². The Morgan fingerprint density at radius 1 is 0.852 bits per heavy atom. The Hall–Kier alpha value is -3.45. The van der Waals surface area contributed by atoms with Crippen LogP contribution in [0.2, 0.25) is 0 Å². The predicted molar refractivity (Wildman–Crippen MR) is 104 cm³/mol. The van der Waals surface area contributed by atoms with E-state index in [1.54, 1.807) is 11.3 Å². The topological polar surface area (TPSA) is 62.1 Å². The molecule has 4 heterocycles. The smallest absolute Gasteiger partial charge is 0.231 e. The van der Waals surface area contributed by atoms with E-state index in [-0.39, 0.29) is 6.79 Å². The highest BCUT2D eigenvalue weighted by atomic mass is 32.1. The molecule has 0 spiro atoms. The zero-order chi connectivity index (χ0) is 17.8. The zero-order valence-corrected chi connectivity index (χ0v) is 14.8. The molecule has 0 bridgehead atoms. The first-order valence-corrected chi connectivity index (χ1v) is 9.34. The zero-order valence-electron chi connectivity index (χ0n) is 14.0. The molecule has 1 aliphatic rings. The van der Waals surface area contributed by atoms with Gasteiger partial charge in [0.1, 0.15) is 0 Å². The van der Waals surface area contributed by atoms with Crippen molar-refractivity contribution in [1.82, 2.24) is 19.5 Å². The molecule has 5 aromatic rings. The van der Waals surface area contributed by atoms with Gasteiger partial charge < -0.3 is 9.47 Å². The molecule has 0 unspecified atom stereocenters. The van der Waals surface area contributed by atoms with Gasteiger partial charge >= 0.3 is 0 Å². The molecular formula is C20H12N4O2S. The summed E-state index contributed by atoms with van der Waals surface area (Å²) in [6.45, 7) is 0.242. The SMILES string of the molecule is c1csc(-c2nc3nc4ccccc4nc3n2-c2ccc3c(c2)OCO3)c1. The highest BCUT2D eigenvalue weighted by Gasteiger charge is 2.21. The number of imidazole rings is 1. The molecule has 0 fully saturated rings. The summed E-state index contributed by atoms with van der Waals surface area (Å²) in [7, 11) is 0. The number of para-hydroxylation sites is 2. The molecule has 27 heavy (non-hydrogen) atoms. The summed E-state index contributed by atoms with van der Waals surface area (Å²) in [4.78, 5) is 15.4. The summed E-state index contributed by atoms with van der Waals surface area (Å²) in [5.41, 5.74) is 3.92. The average molecular weight is 372 g/mol. The Morgan fingerprint density at radius 3 is 2.56 bits per heavy atom. The van der Waals surface area contributed by atoms with E-state index in [1.165, 1.54) is 0 Å². The average Bonchev–Trinajstić information content (AvgIpc) is 3.43. The Kier molecular flexibility index (Phi) is 3.00. The number of rotatable bonds is 2. The molecule has 0 radical (unpaired) electrons. The minimum Gasteiger partial charge on any atom is -0.454 e. The third-order valence-electron chi connectivity index (χ3n) is 4.53. The standard InChI is InChI=1S/C20H12N4O2S/c1-2-5-14-13(4-1)21-18-20(22-14)24(19(23-18)17-6-3-9-27-17)12-7-8-15-16(10-12)26-11-25-15/h1-10H,11H2. The predicted octanol–water partition coefficient (Wildman–Crippen LogP) is 4.43. The monoisotopic (exact) mass is 372 g/mol. The lowest BCUT2D eigenvalue weighted by Gasteiger charge is -2.09. The lowest BCUT2D eigenvalue weighted by molar-refractivity contribution is 0.174. The van der Waals surface area contributed by atoms with Gasteiger partial charge in [0.2, 0.25) is 6.79 Å². The number of fused-ring (bicyclic) bond motifs is 3. The van der Waals surface area contributed by atoms with Crippen molar-refractivity contribution in [2.45, 2.75) is 0 Å². The van der Waals surface area contributed by atoms with Gasteiger partial charge in [0.05, 0.1) is 21.6 Å². The van der Waals surface area contributed by atoms with Gasteiger partial charge in [-0.2, -0.15) is 0 Å². The normalized spacial score (nSPS) is 12.9. The summed E-state index contributed by atoms with van der Waals surface area (Å²) >= 11 is 1.63. The molecule has 0 saturated carbocycles. The van der Waals surface area contributed by atoms with Crippen LogP contribution in [0.4, 0.5) is 0 Å². The van der Waals surface area contributed by atoms with Crippen molar-refractivity contribution in [1.29, 1.82) is 0 Å². The lowest BCUT2D eigenvalue weighted by atomic mass is 10.2. The Balaban J connectivity index is 1.70. The van der Waals surface area contributed by atoms with Crippen LogP contribution in [0.25, 0.3) is 38.7 Å². The van der Waals surface area contributed by atoms with Gasteiger partial charge in [0.15, 0.2) is 28.6 Å². The van der Waals surface area contributed by atoms with Crippen LogP contribution in [0.1, 0.15) is 0 Å². The van der Waals surface area contributed by atoms with E-state index in [1.807, 2.05) is 58.5 Å². The molecule has 0 N–H and O–H groups in total. The Bertz CT molecular complexity index is 1310. The maximum absolute atomic E-state index is 5.56. The lowest BCUT2D eigenvalue weighted by Crippen LogP contribution is -1.98. The van der Waals surface area contributed by atoms with Crippen LogP contribution in [0.5, 0.6) is 11.5 Å². The number of hydrogen-bond acceptors (Lipinski definition) is 6. The fraction of sp³-hybridized carbons (Fsp3) is 0.0500. The van der Waals surface area contributed by atoms with Crippen molar-refractivity contribution < 1.29 is 9.47 Å². The van der Waals surface area contributed by atoms with Gasteiger partial charge in [-0.05, 0) is 35.7 Å². The third-order valence-corrected chi connectivity index (χ3v) is 5.39. The molecule has 7 heteroatoms. The minimum atomic E-state index is 0.242. The van der Waals surface area contributed by atoms with Crippen LogP contribution in [0.15, 0.2) is 60.0 Å². The van der Waals surface area contributed by atoms with Gasteiger partial charge in [0.25, 0.3) is 0 Å². The number of nitrogens with zero attached hydrogens (tertiary/aromatic N) is 4.